The first-order valence-electron chi connectivity index (χ1n) is 6.51. The highest BCUT2D eigenvalue weighted by Gasteiger charge is 2.10. The summed E-state index contributed by atoms with van der Waals surface area (Å²) in [5, 5.41) is 2.82. The highest BCUT2D eigenvalue weighted by atomic mass is 79.9. The van der Waals surface area contributed by atoms with Crippen LogP contribution in [-0.2, 0) is 4.79 Å². The Balaban J connectivity index is 2.00. The lowest BCUT2D eigenvalue weighted by Crippen LogP contribution is -2.20. The van der Waals surface area contributed by atoms with E-state index in [-0.39, 0.29) is 12.5 Å². The predicted octanol–water partition coefficient (Wildman–Crippen LogP) is 5.61. The smallest absolute Gasteiger partial charge is 0.262 e. The van der Waals surface area contributed by atoms with Gasteiger partial charge in [-0.15, -0.1) is 0 Å². The van der Waals surface area contributed by atoms with Gasteiger partial charge in [0.05, 0.1) is 4.47 Å². The summed E-state index contributed by atoms with van der Waals surface area (Å²) in [6, 6.07) is 9.48. The minimum Gasteiger partial charge on any atom is -0.482 e. The molecule has 0 unspecified atom stereocenters. The standard InChI is InChI=1S/C16H14Br3NO2/c1-9-6-12(3-4-13(9)18)20-15(21)8-22-16-10(2)5-11(17)7-14(16)19/h3-7H,8H2,1-2H3,(H,20,21). The molecule has 0 aliphatic heterocycles. The minimum atomic E-state index is -0.198. The minimum absolute atomic E-state index is 0.0455. The van der Waals surface area contributed by atoms with E-state index in [1.807, 2.05) is 44.2 Å². The van der Waals surface area contributed by atoms with E-state index < -0.39 is 0 Å². The van der Waals surface area contributed by atoms with Gasteiger partial charge in [0.15, 0.2) is 6.61 Å². The highest BCUT2D eigenvalue weighted by molar-refractivity contribution is 9.11. The Labute approximate surface area is 154 Å². The predicted molar refractivity (Wildman–Crippen MR) is 99.6 cm³/mol. The largest absolute Gasteiger partial charge is 0.482 e. The Morgan fingerprint density at radius 3 is 2.41 bits per heavy atom. The number of aryl methyl sites for hydroxylation is 2. The van der Waals surface area contributed by atoms with E-state index in [0.717, 1.165) is 30.2 Å². The molecular weight excluding hydrogens is 478 g/mol. The second kappa shape index (κ2) is 7.62. The molecule has 0 atom stereocenters. The number of carbonyl (C=O) groups is 1. The van der Waals surface area contributed by atoms with Gasteiger partial charge in [0.25, 0.3) is 5.91 Å². The molecule has 1 N–H and O–H groups in total. The molecule has 0 aliphatic rings. The summed E-state index contributed by atoms with van der Waals surface area (Å²) in [6.07, 6.45) is 0. The number of rotatable bonds is 4. The fourth-order valence-corrected chi connectivity index (χ4v) is 3.73. The molecule has 0 saturated carbocycles. The van der Waals surface area contributed by atoms with Crippen LogP contribution in [0.25, 0.3) is 0 Å². The third-order valence-corrected chi connectivity index (χ3v) is 4.92. The lowest BCUT2D eigenvalue weighted by atomic mass is 10.2. The quantitative estimate of drug-likeness (QED) is 0.604. The highest BCUT2D eigenvalue weighted by Crippen LogP contribution is 2.32. The number of halogens is 3. The molecule has 0 spiro atoms. The van der Waals surface area contributed by atoms with E-state index >= 15 is 0 Å². The third-order valence-electron chi connectivity index (χ3n) is 2.98. The van der Waals surface area contributed by atoms with Crippen molar-refractivity contribution in [2.45, 2.75) is 13.8 Å². The van der Waals surface area contributed by atoms with Gasteiger partial charge >= 0.3 is 0 Å². The molecule has 1 amide bonds. The van der Waals surface area contributed by atoms with Crippen LogP contribution in [0.15, 0.2) is 43.7 Å². The van der Waals surface area contributed by atoms with E-state index in [9.17, 15) is 4.79 Å². The number of benzene rings is 2. The fraction of sp³-hybridized carbons (Fsp3) is 0.188. The molecule has 6 heteroatoms. The van der Waals surface area contributed by atoms with Crippen molar-refractivity contribution in [3.63, 3.8) is 0 Å². The lowest BCUT2D eigenvalue weighted by Gasteiger charge is -2.12. The number of nitrogens with one attached hydrogen (secondary N) is 1. The van der Waals surface area contributed by atoms with Crippen LogP contribution in [0.1, 0.15) is 11.1 Å². The number of hydrogen-bond donors (Lipinski definition) is 1. The average Bonchev–Trinajstić information content (AvgIpc) is 2.41. The SMILES string of the molecule is Cc1cc(NC(=O)COc2c(C)cc(Br)cc2Br)ccc1Br. The summed E-state index contributed by atoms with van der Waals surface area (Å²) < 4.78 is 8.40. The molecule has 0 heterocycles. The topological polar surface area (TPSA) is 38.3 Å². The van der Waals surface area contributed by atoms with Gasteiger partial charge in [-0.3, -0.25) is 4.79 Å². The summed E-state index contributed by atoms with van der Waals surface area (Å²) in [4.78, 5) is 12.0. The van der Waals surface area contributed by atoms with Crippen LogP contribution in [0.4, 0.5) is 5.69 Å². The van der Waals surface area contributed by atoms with Crippen LogP contribution in [-0.4, -0.2) is 12.5 Å². The maximum absolute atomic E-state index is 12.0. The number of ether oxygens (including phenoxy) is 1. The molecule has 0 saturated heterocycles. The number of hydrogen-bond acceptors (Lipinski definition) is 2. The summed E-state index contributed by atoms with van der Waals surface area (Å²) in [5.41, 5.74) is 2.76. The first-order chi connectivity index (χ1) is 10.4. The Kier molecular flexibility index (Phi) is 6.06. The van der Waals surface area contributed by atoms with Gasteiger partial charge in [0.1, 0.15) is 5.75 Å². The van der Waals surface area contributed by atoms with Crippen molar-refractivity contribution < 1.29 is 9.53 Å². The van der Waals surface area contributed by atoms with Crippen LogP contribution in [0.5, 0.6) is 5.75 Å². The van der Waals surface area contributed by atoms with E-state index in [1.54, 1.807) is 0 Å². The maximum atomic E-state index is 12.0. The van der Waals surface area contributed by atoms with Crippen molar-refractivity contribution in [1.82, 2.24) is 0 Å². The fourth-order valence-electron chi connectivity index (χ4n) is 1.93. The molecular formula is C16H14Br3NO2. The lowest BCUT2D eigenvalue weighted by molar-refractivity contribution is -0.118. The number of amides is 1. The van der Waals surface area contributed by atoms with Crippen molar-refractivity contribution in [3.05, 3.63) is 54.9 Å². The zero-order valence-electron chi connectivity index (χ0n) is 12.0. The molecule has 22 heavy (non-hydrogen) atoms. The van der Waals surface area contributed by atoms with Gasteiger partial charge in [-0.05, 0) is 71.2 Å². The summed E-state index contributed by atoms with van der Waals surface area (Å²) in [7, 11) is 0. The molecule has 0 fully saturated rings. The van der Waals surface area contributed by atoms with Gasteiger partial charge in [-0.1, -0.05) is 31.9 Å². The van der Waals surface area contributed by atoms with Gasteiger partial charge < -0.3 is 10.1 Å². The monoisotopic (exact) mass is 489 g/mol. The Morgan fingerprint density at radius 1 is 1.05 bits per heavy atom. The molecule has 0 radical (unpaired) electrons. The van der Waals surface area contributed by atoms with Gasteiger partial charge in [-0.25, -0.2) is 0 Å². The van der Waals surface area contributed by atoms with Crippen LogP contribution in [0.3, 0.4) is 0 Å². The molecule has 2 rings (SSSR count). The second-order valence-corrected chi connectivity index (χ2v) is 7.46. The molecule has 2 aromatic rings. The zero-order chi connectivity index (χ0) is 16.3. The van der Waals surface area contributed by atoms with E-state index in [4.69, 9.17) is 4.74 Å². The Morgan fingerprint density at radius 2 is 1.77 bits per heavy atom. The van der Waals surface area contributed by atoms with Crippen LogP contribution < -0.4 is 10.1 Å². The van der Waals surface area contributed by atoms with Gasteiger partial charge in [-0.2, -0.15) is 0 Å². The van der Waals surface area contributed by atoms with E-state index in [1.165, 1.54) is 0 Å². The normalized spacial score (nSPS) is 10.4. The zero-order valence-corrected chi connectivity index (χ0v) is 16.8. The first kappa shape index (κ1) is 17.5. The summed E-state index contributed by atoms with van der Waals surface area (Å²) in [6.45, 7) is 3.86. The molecule has 116 valence electrons. The Bertz CT molecular complexity index is 694. The molecule has 3 nitrogen and oxygen atoms in total. The molecule has 2 aromatic carbocycles. The van der Waals surface area contributed by atoms with Crippen molar-refractivity contribution >= 4 is 59.4 Å². The van der Waals surface area contributed by atoms with Gasteiger partial charge in [0, 0.05) is 14.6 Å². The summed E-state index contributed by atoms with van der Waals surface area (Å²) >= 11 is 10.3. The van der Waals surface area contributed by atoms with Crippen LogP contribution in [0.2, 0.25) is 0 Å². The molecule has 0 aliphatic carbocycles. The molecule has 0 aromatic heterocycles. The first-order valence-corrected chi connectivity index (χ1v) is 8.89. The summed E-state index contributed by atoms with van der Waals surface area (Å²) in [5.74, 6) is 0.473. The van der Waals surface area contributed by atoms with Gasteiger partial charge in [0.2, 0.25) is 0 Å². The van der Waals surface area contributed by atoms with Crippen LogP contribution in [0, 0.1) is 13.8 Å². The van der Waals surface area contributed by atoms with Crippen molar-refractivity contribution in [1.29, 1.82) is 0 Å². The van der Waals surface area contributed by atoms with Crippen LogP contribution >= 0.6 is 47.8 Å². The number of carbonyl (C=O) groups excluding carboxylic acids is 1. The van der Waals surface area contributed by atoms with Crippen molar-refractivity contribution in [3.8, 4) is 5.75 Å². The maximum Gasteiger partial charge on any atom is 0.262 e. The second-order valence-electron chi connectivity index (χ2n) is 4.83. The van der Waals surface area contributed by atoms with Crippen molar-refractivity contribution in [2.24, 2.45) is 0 Å². The molecule has 0 bridgehead atoms. The van der Waals surface area contributed by atoms with Crippen molar-refractivity contribution in [2.75, 3.05) is 11.9 Å². The number of anilines is 1. The van der Waals surface area contributed by atoms with E-state index in [2.05, 4.69) is 53.1 Å². The van der Waals surface area contributed by atoms with E-state index in [0.29, 0.717) is 5.75 Å². The Hall–Kier alpha value is -0.850. The third kappa shape index (κ3) is 4.57. The average molecular weight is 492 g/mol.